The molecule has 1 atom stereocenters. The van der Waals surface area contributed by atoms with Crippen molar-refractivity contribution in [3.8, 4) is 0 Å². The summed E-state index contributed by atoms with van der Waals surface area (Å²) >= 11 is 0. The Kier molecular flexibility index (Phi) is 3.90. The van der Waals surface area contributed by atoms with E-state index in [4.69, 9.17) is 9.15 Å². The highest BCUT2D eigenvalue weighted by molar-refractivity contribution is 4.86. The average Bonchev–Trinajstić information content (AvgIpc) is 2.90. The van der Waals surface area contributed by atoms with Crippen molar-refractivity contribution < 1.29 is 9.15 Å². The summed E-state index contributed by atoms with van der Waals surface area (Å²) in [6.07, 6.45) is 8.07. The smallest absolute Gasteiger partial charge is 0.217 e. The fraction of sp³-hybridized carbons (Fsp3) is 0.846. The largest absolute Gasteiger partial charge is 0.425 e. The first kappa shape index (κ1) is 12.1. The van der Waals surface area contributed by atoms with Crippen LogP contribution in [0.25, 0.3) is 0 Å². The molecule has 18 heavy (non-hydrogen) atoms. The van der Waals surface area contributed by atoms with Gasteiger partial charge in [-0.2, -0.15) is 0 Å². The standard InChI is InChI=1S/C13H21N3O2/c1-2-11(17-9-1)5-6-12-15-16-13(18-12)7-8-14-10-3-4-10/h10-11,14H,1-9H2. The van der Waals surface area contributed by atoms with Crippen LogP contribution in [0.4, 0.5) is 0 Å². The molecular weight excluding hydrogens is 230 g/mol. The van der Waals surface area contributed by atoms with Crippen LogP contribution in [-0.2, 0) is 17.6 Å². The Morgan fingerprint density at radius 1 is 1.11 bits per heavy atom. The van der Waals surface area contributed by atoms with Gasteiger partial charge in [-0.05, 0) is 32.1 Å². The molecule has 1 N–H and O–H groups in total. The second-order valence-corrected chi connectivity index (χ2v) is 5.24. The number of nitrogens with zero attached hydrogens (tertiary/aromatic N) is 2. The molecule has 1 aliphatic carbocycles. The second kappa shape index (κ2) is 5.80. The van der Waals surface area contributed by atoms with E-state index in [9.17, 15) is 0 Å². The van der Waals surface area contributed by atoms with Crippen molar-refractivity contribution in [3.05, 3.63) is 11.8 Å². The van der Waals surface area contributed by atoms with Gasteiger partial charge in [-0.1, -0.05) is 0 Å². The van der Waals surface area contributed by atoms with E-state index >= 15 is 0 Å². The van der Waals surface area contributed by atoms with Crippen LogP contribution in [0.15, 0.2) is 4.42 Å². The van der Waals surface area contributed by atoms with Crippen molar-refractivity contribution in [2.24, 2.45) is 0 Å². The molecule has 0 spiro atoms. The quantitative estimate of drug-likeness (QED) is 0.795. The Hall–Kier alpha value is -0.940. The number of aryl methyl sites for hydroxylation is 1. The molecule has 2 fully saturated rings. The number of hydrogen-bond donors (Lipinski definition) is 1. The molecule has 2 heterocycles. The second-order valence-electron chi connectivity index (χ2n) is 5.24. The van der Waals surface area contributed by atoms with Crippen LogP contribution in [0.1, 0.15) is 43.9 Å². The molecule has 0 amide bonds. The third kappa shape index (κ3) is 3.53. The topological polar surface area (TPSA) is 60.2 Å². The molecule has 1 aromatic rings. The number of ether oxygens (including phenoxy) is 1. The van der Waals surface area contributed by atoms with Crippen molar-refractivity contribution >= 4 is 0 Å². The predicted molar refractivity (Wildman–Crippen MR) is 66.3 cm³/mol. The van der Waals surface area contributed by atoms with Gasteiger partial charge in [0.15, 0.2) is 0 Å². The molecule has 1 saturated heterocycles. The van der Waals surface area contributed by atoms with Crippen LogP contribution in [0, 0.1) is 0 Å². The minimum Gasteiger partial charge on any atom is -0.425 e. The van der Waals surface area contributed by atoms with Crippen molar-refractivity contribution in [1.82, 2.24) is 15.5 Å². The maximum atomic E-state index is 5.63. The number of aromatic nitrogens is 2. The number of rotatable bonds is 7. The summed E-state index contributed by atoms with van der Waals surface area (Å²) in [7, 11) is 0. The average molecular weight is 251 g/mol. The highest BCUT2D eigenvalue weighted by atomic mass is 16.5. The third-order valence-corrected chi connectivity index (χ3v) is 3.56. The first-order chi connectivity index (χ1) is 8.90. The zero-order valence-electron chi connectivity index (χ0n) is 10.7. The molecule has 5 nitrogen and oxygen atoms in total. The van der Waals surface area contributed by atoms with Gasteiger partial charge >= 0.3 is 0 Å². The Labute approximate surface area is 107 Å². The Morgan fingerprint density at radius 3 is 2.67 bits per heavy atom. The van der Waals surface area contributed by atoms with Crippen LogP contribution in [0.5, 0.6) is 0 Å². The lowest BCUT2D eigenvalue weighted by Crippen LogP contribution is -2.19. The molecule has 1 saturated carbocycles. The maximum absolute atomic E-state index is 5.63. The van der Waals surface area contributed by atoms with Crippen LogP contribution in [-0.4, -0.2) is 35.5 Å². The van der Waals surface area contributed by atoms with Crippen LogP contribution < -0.4 is 5.32 Å². The lowest BCUT2D eigenvalue weighted by Gasteiger charge is -2.05. The van der Waals surface area contributed by atoms with Gasteiger partial charge in [-0.25, -0.2) is 0 Å². The summed E-state index contributed by atoms with van der Waals surface area (Å²) in [4.78, 5) is 0. The highest BCUT2D eigenvalue weighted by Gasteiger charge is 2.20. The van der Waals surface area contributed by atoms with Crippen LogP contribution >= 0.6 is 0 Å². The molecule has 5 heteroatoms. The molecule has 1 aromatic heterocycles. The minimum atomic E-state index is 0.400. The maximum Gasteiger partial charge on any atom is 0.217 e. The van der Waals surface area contributed by atoms with Crippen LogP contribution in [0.3, 0.4) is 0 Å². The van der Waals surface area contributed by atoms with E-state index in [0.717, 1.165) is 50.2 Å². The van der Waals surface area contributed by atoms with Gasteiger partial charge in [-0.3, -0.25) is 0 Å². The van der Waals surface area contributed by atoms with E-state index in [0.29, 0.717) is 6.10 Å². The van der Waals surface area contributed by atoms with Crippen molar-refractivity contribution in [2.75, 3.05) is 13.2 Å². The van der Waals surface area contributed by atoms with Gasteiger partial charge in [0, 0.05) is 32.0 Å². The third-order valence-electron chi connectivity index (χ3n) is 3.56. The Morgan fingerprint density at radius 2 is 1.94 bits per heavy atom. The molecule has 0 aromatic carbocycles. The fourth-order valence-electron chi connectivity index (χ4n) is 2.32. The van der Waals surface area contributed by atoms with E-state index in [1.54, 1.807) is 0 Å². The van der Waals surface area contributed by atoms with Crippen molar-refractivity contribution in [2.45, 2.75) is 57.1 Å². The van der Waals surface area contributed by atoms with E-state index in [1.807, 2.05) is 0 Å². The summed E-state index contributed by atoms with van der Waals surface area (Å²) in [6, 6.07) is 0.743. The molecule has 3 rings (SSSR count). The predicted octanol–water partition coefficient (Wildman–Crippen LogP) is 1.48. The highest BCUT2D eigenvalue weighted by Crippen LogP contribution is 2.19. The van der Waals surface area contributed by atoms with Gasteiger partial charge in [0.05, 0.1) is 6.10 Å². The van der Waals surface area contributed by atoms with Gasteiger partial charge in [-0.15, -0.1) is 10.2 Å². The molecule has 100 valence electrons. The van der Waals surface area contributed by atoms with E-state index in [2.05, 4.69) is 15.5 Å². The fourth-order valence-corrected chi connectivity index (χ4v) is 2.32. The number of hydrogen-bond acceptors (Lipinski definition) is 5. The summed E-state index contributed by atoms with van der Waals surface area (Å²) in [5, 5.41) is 11.6. The van der Waals surface area contributed by atoms with Gasteiger partial charge in [0.1, 0.15) is 0 Å². The van der Waals surface area contributed by atoms with Crippen LogP contribution in [0.2, 0.25) is 0 Å². The Balaban J connectivity index is 1.37. The van der Waals surface area contributed by atoms with Crippen molar-refractivity contribution in [3.63, 3.8) is 0 Å². The van der Waals surface area contributed by atoms with E-state index in [1.165, 1.54) is 25.7 Å². The molecule has 1 aliphatic heterocycles. The number of nitrogens with one attached hydrogen (secondary N) is 1. The minimum absolute atomic E-state index is 0.400. The van der Waals surface area contributed by atoms with Gasteiger partial charge in [0.25, 0.3) is 0 Å². The van der Waals surface area contributed by atoms with E-state index < -0.39 is 0 Å². The summed E-state index contributed by atoms with van der Waals surface area (Å²) in [5.41, 5.74) is 0. The lowest BCUT2D eigenvalue weighted by atomic mass is 10.1. The molecular formula is C13H21N3O2. The monoisotopic (exact) mass is 251 g/mol. The summed E-state index contributed by atoms with van der Waals surface area (Å²) < 4.78 is 11.2. The Bertz CT molecular complexity index is 370. The van der Waals surface area contributed by atoms with Crippen molar-refractivity contribution in [1.29, 1.82) is 0 Å². The molecule has 0 bridgehead atoms. The lowest BCUT2D eigenvalue weighted by molar-refractivity contribution is 0.103. The zero-order valence-corrected chi connectivity index (χ0v) is 10.7. The normalized spacial score (nSPS) is 23.7. The SMILES string of the molecule is C1COC(CCc2nnc(CCNC3CC3)o2)C1. The summed E-state index contributed by atoms with van der Waals surface area (Å²) in [6.45, 7) is 1.85. The molecule has 1 unspecified atom stereocenters. The van der Waals surface area contributed by atoms with Gasteiger partial charge < -0.3 is 14.5 Å². The molecule has 0 radical (unpaired) electrons. The van der Waals surface area contributed by atoms with Gasteiger partial charge in [0.2, 0.25) is 11.8 Å². The first-order valence-corrected chi connectivity index (χ1v) is 7.06. The molecule has 2 aliphatic rings. The first-order valence-electron chi connectivity index (χ1n) is 7.06. The van der Waals surface area contributed by atoms with E-state index in [-0.39, 0.29) is 0 Å². The summed E-state index contributed by atoms with van der Waals surface area (Å²) in [5.74, 6) is 1.51. The zero-order chi connectivity index (χ0) is 12.2.